The first-order chi connectivity index (χ1) is 13.0. The number of carbonyl (C=O) groups is 2. The zero-order valence-electron chi connectivity index (χ0n) is 18.0. The van der Waals surface area contributed by atoms with Gasteiger partial charge in [-0.2, -0.15) is 0 Å². The van der Waals surface area contributed by atoms with Gasteiger partial charge >= 0.3 is 6.09 Å². The topological polar surface area (TPSA) is 53.1 Å². The van der Waals surface area contributed by atoms with Crippen LogP contribution in [0.5, 0.6) is 0 Å². The van der Waals surface area contributed by atoms with Gasteiger partial charge in [-0.25, -0.2) is 4.79 Å². The van der Waals surface area contributed by atoms with Crippen LogP contribution in [0.15, 0.2) is 24.3 Å². The molecule has 6 nitrogen and oxygen atoms in total. The second-order valence-electron chi connectivity index (χ2n) is 9.64. The van der Waals surface area contributed by atoms with Gasteiger partial charge < -0.3 is 14.5 Å². The first-order valence-corrected chi connectivity index (χ1v) is 10.1. The fourth-order valence-electron chi connectivity index (χ4n) is 4.11. The minimum Gasteiger partial charge on any atom is -0.444 e. The number of benzene rings is 1. The third kappa shape index (κ3) is 4.32. The van der Waals surface area contributed by atoms with Crippen molar-refractivity contribution in [3.63, 3.8) is 0 Å². The van der Waals surface area contributed by atoms with Crippen molar-refractivity contribution in [2.45, 2.75) is 58.6 Å². The summed E-state index contributed by atoms with van der Waals surface area (Å²) < 4.78 is 5.50. The van der Waals surface area contributed by atoms with Crippen molar-refractivity contribution >= 4 is 17.7 Å². The Morgan fingerprint density at radius 2 is 1.86 bits per heavy atom. The van der Waals surface area contributed by atoms with E-state index >= 15 is 0 Å². The van der Waals surface area contributed by atoms with E-state index in [0.29, 0.717) is 32.7 Å². The van der Waals surface area contributed by atoms with E-state index in [-0.39, 0.29) is 23.5 Å². The summed E-state index contributed by atoms with van der Waals surface area (Å²) in [7, 11) is 0. The smallest absolute Gasteiger partial charge is 0.410 e. The van der Waals surface area contributed by atoms with Gasteiger partial charge in [0.25, 0.3) is 0 Å². The Bertz CT molecular complexity index is 754. The Labute approximate surface area is 168 Å². The van der Waals surface area contributed by atoms with E-state index in [1.165, 1.54) is 5.56 Å². The molecule has 1 atom stereocenters. The van der Waals surface area contributed by atoms with Gasteiger partial charge in [0.1, 0.15) is 5.60 Å². The van der Waals surface area contributed by atoms with Crippen LogP contribution in [0, 0.1) is 0 Å². The Hall–Kier alpha value is -2.08. The SMILES string of the molecule is C[C@@H]1CN(CC(=O)N2CC(C)(C)c3ccccc32)CCN1C(=O)OC(C)(C)C. The summed E-state index contributed by atoms with van der Waals surface area (Å²) in [6.07, 6.45) is -0.277. The standard InChI is InChI=1S/C22H33N3O3/c1-16-13-23(11-12-24(16)20(27)28-21(2,3)4)14-19(26)25-15-22(5,6)17-9-7-8-10-18(17)25/h7-10,16H,11-15H2,1-6H3/t16-/m1/s1. The lowest BCUT2D eigenvalue weighted by Gasteiger charge is -2.40. The molecule has 28 heavy (non-hydrogen) atoms. The second-order valence-corrected chi connectivity index (χ2v) is 9.64. The van der Waals surface area contributed by atoms with Crippen LogP contribution in [0.3, 0.4) is 0 Å². The molecule has 2 aliphatic rings. The Morgan fingerprint density at radius 1 is 1.18 bits per heavy atom. The van der Waals surface area contributed by atoms with Gasteiger partial charge in [-0.1, -0.05) is 32.0 Å². The molecule has 1 fully saturated rings. The van der Waals surface area contributed by atoms with Gasteiger partial charge in [-0.15, -0.1) is 0 Å². The number of piperazine rings is 1. The Morgan fingerprint density at radius 3 is 2.50 bits per heavy atom. The molecule has 0 unspecified atom stereocenters. The maximum atomic E-state index is 13.1. The lowest BCUT2D eigenvalue weighted by atomic mass is 9.87. The first kappa shape index (κ1) is 20.6. The first-order valence-electron chi connectivity index (χ1n) is 10.1. The molecule has 0 aromatic heterocycles. The highest BCUT2D eigenvalue weighted by atomic mass is 16.6. The third-order valence-electron chi connectivity index (χ3n) is 5.48. The highest BCUT2D eigenvalue weighted by Gasteiger charge is 2.38. The fraction of sp³-hybridized carbons (Fsp3) is 0.636. The van der Waals surface area contributed by atoms with Crippen molar-refractivity contribution in [1.82, 2.24) is 9.80 Å². The summed E-state index contributed by atoms with van der Waals surface area (Å²) in [5, 5.41) is 0. The summed E-state index contributed by atoms with van der Waals surface area (Å²) in [4.78, 5) is 31.3. The summed E-state index contributed by atoms with van der Waals surface area (Å²) >= 11 is 0. The number of fused-ring (bicyclic) bond motifs is 1. The molecule has 0 N–H and O–H groups in total. The number of ether oxygens (including phenoxy) is 1. The summed E-state index contributed by atoms with van der Waals surface area (Å²) in [6, 6.07) is 8.18. The van der Waals surface area contributed by atoms with Gasteiger partial charge in [0.2, 0.25) is 5.91 Å². The minimum absolute atomic E-state index is 0.0127. The third-order valence-corrected chi connectivity index (χ3v) is 5.48. The van der Waals surface area contributed by atoms with E-state index in [4.69, 9.17) is 4.74 Å². The van der Waals surface area contributed by atoms with Crippen LogP contribution in [0.25, 0.3) is 0 Å². The van der Waals surface area contributed by atoms with Crippen molar-refractivity contribution in [3.05, 3.63) is 29.8 Å². The molecule has 3 rings (SSSR count). The Kier molecular flexibility index (Phi) is 5.45. The van der Waals surface area contributed by atoms with Gasteiger partial charge in [0.05, 0.1) is 6.54 Å². The molecule has 0 bridgehead atoms. The lowest BCUT2D eigenvalue weighted by molar-refractivity contribution is -0.120. The van der Waals surface area contributed by atoms with Gasteiger partial charge in [-0.05, 0) is 39.3 Å². The van der Waals surface area contributed by atoms with Gasteiger partial charge in [0, 0.05) is 43.3 Å². The van der Waals surface area contributed by atoms with Crippen molar-refractivity contribution < 1.29 is 14.3 Å². The van der Waals surface area contributed by atoms with E-state index in [9.17, 15) is 9.59 Å². The molecule has 6 heteroatoms. The summed E-state index contributed by atoms with van der Waals surface area (Å²) in [5.74, 6) is 0.121. The quantitative estimate of drug-likeness (QED) is 0.782. The Balaban J connectivity index is 1.61. The predicted octanol–water partition coefficient (Wildman–Crippen LogP) is 3.25. The number of anilines is 1. The lowest BCUT2D eigenvalue weighted by Crippen LogP contribution is -2.56. The van der Waals surface area contributed by atoms with Crippen LogP contribution in [0.1, 0.15) is 47.1 Å². The summed E-state index contributed by atoms with van der Waals surface area (Å²) in [5.41, 5.74) is 1.72. The average molecular weight is 388 g/mol. The second kappa shape index (κ2) is 7.39. The molecule has 0 aliphatic carbocycles. The number of rotatable bonds is 2. The molecule has 0 spiro atoms. The maximum absolute atomic E-state index is 13.1. The molecule has 2 aliphatic heterocycles. The summed E-state index contributed by atoms with van der Waals surface area (Å²) in [6.45, 7) is 15.0. The normalized spacial score (nSPS) is 22.1. The van der Waals surface area contributed by atoms with Crippen LogP contribution >= 0.6 is 0 Å². The number of nitrogens with zero attached hydrogens (tertiary/aromatic N) is 3. The molecule has 0 radical (unpaired) electrons. The van der Waals surface area contributed by atoms with Crippen LogP contribution in [0.2, 0.25) is 0 Å². The number of para-hydroxylation sites is 1. The highest BCUT2D eigenvalue weighted by Crippen LogP contribution is 2.40. The average Bonchev–Trinajstić information content (AvgIpc) is 2.85. The van der Waals surface area contributed by atoms with E-state index in [1.807, 2.05) is 50.8 Å². The van der Waals surface area contributed by atoms with Crippen molar-refractivity contribution in [1.29, 1.82) is 0 Å². The van der Waals surface area contributed by atoms with Gasteiger partial charge in [0.15, 0.2) is 0 Å². The number of hydrogen-bond donors (Lipinski definition) is 0. The number of amides is 2. The highest BCUT2D eigenvalue weighted by molar-refractivity contribution is 5.97. The minimum atomic E-state index is -0.500. The molecular weight excluding hydrogens is 354 g/mol. The molecule has 2 heterocycles. The zero-order valence-corrected chi connectivity index (χ0v) is 18.0. The molecule has 1 saturated heterocycles. The molecular formula is C22H33N3O3. The molecule has 154 valence electrons. The molecule has 2 amide bonds. The van der Waals surface area contributed by atoms with Crippen LogP contribution < -0.4 is 4.90 Å². The van der Waals surface area contributed by atoms with Crippen LogP contribution in [-0.2, 0) is 14.9 Å². The van der Waals surface area contributed by atoms with E-state index in [0.717, 1.165) is 5.69 Å². The largest absolute Gasteiger partial charge is 0.444 e. The van der Waals surface area contributed by atoms with E-state index in [2.05, 4.69) is 24.8 Å². The predicted molar refractivity (Wildman–Crippen MR) is 111 cm³/mol. The van der Waals surface area contributed by atoms with Gasteiger partial charge in [-0.3, -0.25) is 9.69 Å². The maximum Gasteiger partial charge on any atom is 0.410 e. The monoisotopic (exact) mass is 387 g/mol. The van der Waals surface area contributed by atoms with Crippen molar-refractivity contribution in [2.75, 3.05) is 37.6 Å². The number of carbonyl (C=O) groups excluding carboxylic acids is 2. The van der Waals surface area contributed by atoms with E-state index in [1.54, 1.807) is 4.90 Å². The fourth-order valence-corrected chi connectivity index (χ4v) is 4.11. The number of hydrogen-bond acceptors (Lipinski definition) is 4. The van der Waals surface area contributed by atoms with Crippen molar-refractivity contribution in [2.24, 2.45) is 0 Å². The molecule has 1 aromatic carbocycles. The molecule has 0 saturated carbocycles. The van der Waals surface area contributed by atoms with Crippen LogP contribution in [0.4, 0.5) is 10.5 Å². The zero-order chi connectivity index (χ0) is 20.7. The van der Waals surface area contributed by atoms with Crippen LogP contribution in [-0.4, -0.2) is 66.2 Å². The molecule has 1 aromatic rings. The van der Waals surface area contributed by atoms with Crippen molar-refractivity contribution in [3.8, 4) is 0 Å². The van der Waals surface area contributed by atoms with E-state index < -0.39 is 5.60 Å².